The zero-order valence-corrected chi connectivity index (χ0v) is 19.5. The standard InChI is InChI=1S/C27H30N2O6/c30-25(29-12-13-34-15-18(14-29)26(31)32)24(17-6-5-7-17)28-27(33)35-16-23-21-10-3-1-8-19(21)20-9-2-4-11-22(20)23/h1-4,8-11,17-18,23-24H,5-7,12-16H2,(H,28,33)(H,31,32). The summed E-state index contributed by atoms with van der Waals surface area (Å²) in [6.07, 6.45) is 2.05. The van der Waals surface area contributed by atoms with Gasteiger partial charge in [0.25, 0.3) is 0 Å². The Bertz CT molecular complexity index is 1070. The molecule has 0 spiro atoms. The number of carbonyl (C=O) groups is 3. The smallest absolute Gasteiger partial charge is 0.407 e. The first-order valence-electron chi connectivity index (χ1n) is 12.2. The monoisotopic (exact) mass is 478 g/mol. The number of benzene rings is 2. The Kier molecular flexibility index (Phi) is 6.72. The molecule has 1 aliphatic heterocycles. The van der Waals surface area contributed by atoms with Crippen LogP contribution >= 0.6 is 0 Å². The Morgan fingerprint density at radius 2 is 1.71 bits per heavy atom. The summed E-state index contributed by atoms with van der Waals surface area (Å²) >= 11 is 0. The Labute approximate surface area is 204 Å². The van der Waals surface area contributed by atoms with Crippen LogP contribution in [-0.4, -0.2) is 66.9 Å². The Hall–Kier alpha value is -3.39. The van der Waals surface area contributed by atoms with Crippen molar-refractivity contribution in [3.63, 3.8) is 0 Å². The molecule has 0 aromatic heterocycles. The highest BCUT2D eigenvalue weighted by Crippen LogP contribution is 2.44. The van der Waals surface area contributed by atoms with Gasteiger partial charge in [-0.1, -0.05) is 55.0 Å². The number of nitrogens with zero attached hydrogens (tertiary/aromatic N) is 1. The van der Waals surface area contributed by atoms with E-state index < -0.39 is 24.0 Å². The lowest BCUT2D eigenvalue weighted by Crippen LogP contribution is -2.55. The fraction of sp³-hybridized carbons (Fsp3) is 0.444. The molecule has 2 aliphatic carbocycles. The lowest BCUT2D eigenvalue weighted by atomic mass is 9.79. The molecular weight excluding hydrogens is 448 g/mol. The first-order chi connectivity index (χ1) is 17.0. The van der Waals surface area contributed by atoms with Crippen molar-refractivity contribution in [2.45, 2.75) is 31.2 Å². The number of nitrogens with one attached hydrogen (secondary N) is 1. The summed E-state index contributed by atoms with van der Waals surface area (Å²) in [4.78, 5) is 39.3. The quantitative estimate of drug-likeness (QED) is 0.660. The minimum Gasteiger partial charge on any atom is -0.481 e. The molecule has 1 saturated heterocycles. The number of ether oxygens (including phenoxy) is 2. The Morgan fingerprint density at radius 3 is 2.31 bits per heavy atom. The molecule has 184 valence electrons. The highest BCUT2D eigenvalue weighted by molar-refractivity contribution is 5.87. The van der Waals surface area contributed by atoms with Gasteiger partial charge in [-0.2, -0.15) is 0 Å². The third-order valence-electron chi connectivity index (χ3n) is 7.43. The molecule has 3 aliphatic rings. The van der Waals surface area contributed by atoms with E-state index in [1.165, 1.54) is 4.90 Å². The van der Waals surface area contributed by atoms with Gasteiger partial charge in [-0.25, -0.2) is 4.79 Å². The molecular formula is C27H30N2O6. The van der Waals surface area contributed by atoms with E-state index in [0.29, 0.717) is 6.54 Å². The average Bonchev–Trinajstić information content (AvgIpc) is 2.96. The van der Waals surface area contributed by atoms with E-state index in [1.807, 2.05) is 24.3 Å². The second kappa shape index (κ2) is 10.1. The van der Waals surface area contributed by atoms with Gasteiger partial charge in [-0.15, -0.1) is 0 Å². The van der Waals surface area contributed by atoms with Gasteiger partial charge < -0.3 is 24.8 Å². The summed E-state index contributed by atoms with van der Waals surface area (Å²) in [5, 5.41) is 12.2. The number of carbonyl (C=O) groups excluding carboxylic acids is 2. The van der Waals surface area contributed by atoms with Crippen molar-refractivity contribution in [1.82, 2.24) is 10.2 Å². The fourth-order valence-electron chi connectivity index (χ4n) is 5.28. The number of amides is 2. The van der Waals surface area contributed by atoms with Crippen molar-refractivity contribution in [3.8, 4) is 11.1 Å². The first-order valence-corrected chi connectivity index (χ1v) is 12.2. The van der Waals surface area contributed by atoms with Crippen LogP contribution in [0, 0.1) is 11.8 Å². The van der Waals surface area contributed by atoms with Crippen molar-refractivity contribution < 1.29 is 29.0 Å². The SMILES string of the molecule is O=C(NC(C(=O)N1CCOCC(C(=O)O)C1)C1CCC1)OCC1c2ccccc2-c2ccccc21. The summed E-state index contributed by atoms with van der Waals surface area (Å²) in [6.45, 7) is 0.900. The summed E-state index contributed by atoms with van der Waals surface area (Å²) < 4.78 is 11.0. The number of hydrogen-bond donors (Lipinski definition) is 2. The average molecular weight is 479 g/mol. The van der Waals surface area contributed by atoms with Crippen LogP contribution in [0.25, 0.3) is 11.1 Å². The normalized spacial score (nSPS) is 20.7. The molecule has 8 nitrogen and oxygen atoms in total. The van der Waals surface area contributed by atoms with Gasteiger partial charge in [-0.3, -0.25) is 9.59 Å². The molecule has 2 aromatic carbocycles. The van der Waals surface area contributed by atoms with Gasteiger partial charge in [-0.05, 0) is 41.0 Å². The fourth-order valence-corrected chi connectivity index (χ4v) is 5.28. The lowest BCUT2D eigenvalue weighted by molar-refractivity contribution is -0.144. The summed E-state index contributed by atoms with van der Waals surface area (Å²) in [7, 11) is 0. The summed E-state index contributed by atoms with van der Waals surface area (Å²) in [6, 6.07) is 15.5. The summed E-state index contributed by atoms with van der Waals surface area (Å²) in [5.74, 6) is -2.08. The highest BCUT2D eigenvalue weighted by Gasteiger charge is 2.39. The predicted molar refractivity (Wildman–Crippen MR) is 128 cm³/mol. The number of aliphatic carboxylic acids is 1. The second-order valence-electron chi connectivity index (χ2n) is 9.53. The first kappa shape index (κ1) is 23.4. The topological polar surface area (TPSA) is 105 Å². The van der Waals surface area contributed by atoms with Crippen molar-refractivity contribution in [3.05, 3.63) is 59.7 Å². The zero-order valence-electron chi connectivity index (χ0n) is 19.5. The Morgan fingerprint density at radius 1 is 1.06 bits per heavy atom. The van der Waals surface area contributed by atoms with E-state index in [4.69, 9.17) is 9.47 Å². The van der Waals surface area contributed by atoms with E-state index in [9.17, 15) is 19.5 Å². The summed E-state index contributed by atoms with van der Waals surface area (Å²) in [5.41, 5.74) is 4.54. The Balaban J connectivity index is 1.26. The van der Waals surface area contributed by atoms with Crippen molar-refractivity contribution in [2.75, 3.05) is 32.9 Å². The van der Waals surface area contributed by atoms with Crippen LogP contribution < -0.4 is 5.32 Å². The number of fused-ring (bicyclic) bond motifs is 3. The van der Waals surface area contributed by atoms with Gasteiger partial charge in [0.1, 0.15) is 12.6 Å². The number of alkyl carbamates (subject to hydrolysis) is 1. The van der Waals surface area contributed by atoms with Crippen molar-refractivity contribution >= 4 is 18.0 Å². The number of hydrogen-bond acceptors (Lipinski definition) is 5. The van der Waals surface area contributed by atoms with Crippen LogP contribution in [0.1, 0.15) is 36.3 Å². The molecule has 35 heavy (non-hydrogen) atoms. The molecule has 1 heterocycles. The molecule has 2 unspecified atom stereocenters. The third-order valence-corrected chi connectivity index (χ3v) is 7.43. The van der Waals surface area contributed by atoms with Gasteiger partial charge in [0.15, 0.2) is 0 Å². The molecule has 0 radical (unpaired) electrons. The van der Waals surface area contributed by atoms with E-state index >= 15 is 0 Å². The molecule has 2 aromatic rings. The van der Waals surface area contributed by atoms with E-state index in [1.54, 1.807) is 0 Å². The van der Waals surface area contributed by atoms with Gasteiger partial charge >= 0.3 is 12.1 Å². The number of carboxylic acids is 1. The largest absolute Gasteiger partial charge is 0.481 e. The minimum atomic E-state index is -0.991. The molecule has 5 rings (SSSR count). The molecule has 2 atom stereocenters. The van der Waals surface area contributed by atoms with Crippen molar-refractivity contribution in [2.24, 2.45) is 11.8 Å². The van der Waals surface area contributed by atoms with Crippen LogP contribution in [-0.2, 0) is 19.1 Å². The molecule has 8 heteroatoms. The van der Waals surface area contributed by atoms with Crippen LogP contribution in [0.4, 0.5) is 4.79 Å². The van der Waals surface area contributed by atoms with E-state index in [-0.39, 0.29) is 44.1 Å². The van der Waals surface area contributed by atoms with Gasteiger partial charge in [0.2, 0.25) is 5.91 Å². The maximum Gasteiger partial charge on any atom is 0.407 e. The van der Waals surface area contributed by atoms with Crippen molar-refractivity contribution in [1.29, 1.82) is 0 Å². The maximum absolute atomic E-state index is 13.4. The van der Waals surface area contributed by atoms with Gasteiger partial charge in [0.05, 0.1) is 19.1 Å². The van der Waals surface area contributed by atoms with Crippen LogP contribution in [0.5, 0.6) is 0 Å². The maximum atomic E-state index is 13.4. The molecule has 1 saturated carbocycles. The molecule has 2 amide bonds. The third kappa shape index (κ3) is 4.75. The van der Waals surface area contributed by atoms with Crippen LogP contribution in [0.2, 0.25) is 0 Å². The van der Waals surface area contributed by atoms with Crippen LogP contribution in [0.15, 0.2) is 48.5 Å². The molecule has 2 N–H and O–H groups in total. The lowest BCUT2D eigenvalue weighted by Gasteiger charge is -2.36. The number of rotatable bonds is 6. The minimum absolute atomic E-state index is 0.0235. The number of carboxylic acid groups (broad SMARTS) is 1. The molecule has 2 fully saturated rings. The van der Waals surface area contributed by atoms with Gasteiger partial charge in [0, 0.05) is 19.0 Å². The highest BCUT2D eigenvalue weighted by atomic mass is 16.5. The van der Waals surface area contributed by atoms with Crippen LogP contribution in [0.3, 0.4) is 0 Å². The molecule has 0 bridgehead atoms. The zero-order chi connectivity index (χ0) is 24.4. The predicted octanol–water partition coefficient (Wildman–Crippen LogP) is 3.25. The van der Waals surface area contributed by atoms with E-state index in [0.717, 1.165) is 41.5 Å². The second-order valence-corrected chi connectivity index (χ2v) is 9.53. The van der Waals surface area contributed by atoms with E-state index in [2.05, 4.69) is 29.6 Å².